The number of aromatic nitrogens is 2. The molecule has 4 nitrogen and oxygen atoms in total. The standard InChI is InChI=1S/C15H17BrN2O2S/c1-3-11-8-12(18(4-2)17-11)9-21-14-7-10(16)5-6-13(14)15(19)20/h5-8H,3-4,9H2,1-2H3,(H,19,20). The Balaban J connectivity index is 2.21. The zero-order chi connectivity index (χ0) is 15.4. The maximum absolute atomic E-state index is 11.3. The van der Waals surface area contributed by atoms with Crippen LogP contribution in [0.25, 0.3) is 0 Å². The number of aryl methyl sites for hydroxylation is 2. The molecule has 0 bridgehead atoms. The van der Waals surface area contributed by atoms with Crippen LogP contribution < -0.4 is 0 Å². The Morgan fingerprint density at radius 2 is 2.14 bits per heavy atom. The molecule has 0 radical (unpaired) electrons. The zero-order valence-electron chi connectivity index (χ0n) is 12.0. The first-order chi connectivity index (χ1) is 10.0. The fourth-order valence-electron chi connectivity index (χ4n) is 2.02. The molecule has 0 atom stereocenters. The monoisotopic (exact) mass is 368 g/mol. The van der Waals surface area contributed by atoms with E-state index in [-0.39, 0.29) is 0 Å². The van der Waals surface area contributed by atoms with E-state index in [1.165, 1.54) is 11.8 Å². The van der Waals surface area contributed by atoms with Crippen LogP contribution in [0.1, 0.15) is 35.6 Å². The molecule has 6 heteroatoms. The van der Waals surface area contributed by atoms with Crippen molar-refractivity contribution in [3.63, 3.8) is 0 Å². The lowest BCUT2D eigenvalue weighted by Gasteiger charge is -2.07. The first-order valence-electron chi connectivity index (χ1n) is 6.76. The molecular weight excluding hydrogens is 352 g/mol. The van der Waals surface area contributed by atoms with E-state index in [1.807, 2.05) is 10.7 Å². The number of carboxylic acids is 1. The molecule has 1 heterocycles. The summed E-state index contributed by atoms with van der Waals surface area (Å²) in [4.78, 5) is 12.0. The van der Waals surface area contributed by atoms with Gasteiger partial charge in [-0.3, -0.25) is 4.68 Å². The zero-order valence-corrected chi connectivity index (χ0v) is 14.4. The number of carboxylic acid groups (broad SMARTS) is 1. The Bertz CT molecular complexity index is 655. The number of benzene rings is 1. The average molecular weight is 369 g/mol. The van der Waals surface area contributed by atoms with Gasteiger partial charge in [0.1, 0.15) is 0 Å². The van der Waals surface area contributed by atoms with E-state index >= 15 is 0 Å². The summed E-state index contributed by atoms with van der Waals surface area (Å²) >= 11 is 4.92. The summed E-state index contributed by atoms with van der Waals surface area (Å²) in [6.45, 7) is 4.96. The van der Waals surface area contributed by atoms with Crippen molar-refractivity contribution in [2.45, 2.75) is 37.5 Å². The number of hydrogen-bond acceptors (Lipinski definition) is 3. The highest BCUT2D eigenvalue weighted by atomic mass is 79.9. The predicted molar refractivity (Wildman–Crippen MR) is 87.9 cm³/mol. The maximum Gasteiger partial charge on any atom is 0.336 e. The third-order valence-corrected chi connectivity index (χ3v) is 4.71. The van der Waals surface area contributed by atoms with Crippen LogP contribution >= 0.6 is 27.7 Å². The quantitative estimate of drug-likeness (QED) is 0.775. The summed E-state index contributed by atoms with van der Waals surface area (Å²) in [7, 11) is 0. The largest absolute Gasteiger partial charge is 0.478 e. The summed E-state index contributed by atoms with van der Waals surface area (Å²) in [5.41, 5.74) is 2.53. The molecule has 0 saturated carbocycles. The lowest BCUT2D eigenvalue weighted by Crippen LogP contribution is -2.02. The van der Waals surface area contributed by atoms with E-state index < -0.39 is 5.97 Å². The predicted octanol–water partition coefficient (Wildman–Crippen LogP) is 4.22. The third-order valence-electron chi connectivity index (χ3n) is 3.13. The van der Waals surface area contributed by atoms with E-state index in [0.29, 0.717) is 11.3 Å². The van der Waals surface area contributed by atoms with Crippen LogP contribution in [-0.2, 0) is 18.7 Å². The number of aromatic carboxylic acids is 1. The minimum atomic E-state index is -0.900. The van der Waals surface area contributed by atoms with Gasteiger partial charge >= 0.3 is 5.97 Å². The fourth-order valence-corrected chi connectivity index (χ4v) is 3.59. The molecule has 21 heavy (non-hydrogen) atoms. The van der Waals surface area contributed by atoms with Gasteiger partial charge in [-0.1, -0.05) is 22.9 Å². The Hall–Kier alpha value is -1.27. The molecule has 0 aliphatic heterocycles. The number of carbonyl (C=O) groups is 1. The molecule has 0 spiro atoms. The molecule has 2 rings (SSSR count). The average Bonchev–Trinajstić information content (AvgIpc) is 2.87. The molecule has 2 aromatic rings. The van der Waals surface area contributed by atoms with Gasteiger partial charge in [0, 0.05) is 27.4 Å². The van der Waals surface area contributed by atoms with Crippen LogP contribution in [0.3, 0.4) is 0 Å². The lowest BCUT2D eigenvalue weighted by molar-refractivity contribution is 0.0693. The second-order valence-electron chi connectivity index (χ2n) is 4.53. The third kappa shape index (κ3) is 3.89. The molecule has 1 N–H and O–H groups in total. The van der Waals surface area contributed by atoms with Crippen molar-refractivity contribution in [2.75, 3.05) is 0 Å². The van der Waals surface area contributed by atoms with E-state index in [1.54, 1.807) is 12.1 Å². The first kappa shape index (κ1) is 16.1. The van der Waals surface area contributed by atoms with Gasteiger partial charge in [0.2, 0.25) is 0 Å². The van der Waals surface area contributed by atoms with Crippen molar-refractivity contribution < 1.29 is 9.90 Å². The highest BCUT2D eigenvalue weighted by Gasteiger charge is 2.13. The van der Waals surface area contributed by atoms with Gasteiger partial charge in [0.25, 0.3) is 0 Å². The van der Waals surface area contributed by atoms with Crippen molar-refractivity contribution in [1.82, 2.24) is 9.78 Å². The van der Waals surface area contributed by atoms with Crippen LogP contribution in [0.2, 0.25) is 0 Å². The highest BCUT2D eigenvalue weighted by molar-refractivity contribution is 9.10. The molecule has 112 valence electrons. The number of rotatable bonds is 6. The van der Waals surface area contributed by atoms with Crippen molar-refractivity contribution in [2.24, 2.45) is 0 Å². The minimum Gasteiger partial charge on any atom is -0.478 e. The topological polar surface area (TPSA) is 55.1 Å². The highest BCUT2D eigenvalue weighted by Crippen LogP contribution is 2.29. The first-order valence-corrected chi connectivity index (χ1v) is 8.54. The minimum absolute atomic E-state index is 0.335. The van der Waals surface area contributed by atoms with E-state index in [4.69, 9.17) is 0 Å². The van der Waals surface area contributed by atoms with Crippen LogP contribution in [0.15, 0.2) is 33.6 Å². The van der Waals surface area contributed by atoms with E-state index in [9.17, 15) is 9.90 Å². The molecule has 1 aromatic carbocycles. The Morgan fingerprint density at radius 1 is 1.38 bits per heavy atom. The molecule has 0 amide bonds. The van der Waals surface area contributed by atoms with Gasteiger partial charge in [0.05, 0.1) is 11.3 Å². The molecule has 0 fully saturated rings. The number of halogens is 1. The van der Waals surface area contributed by atoms with Crippen molar-refractivity contribution in [1.29, 1.82) is 0 Å². The van der Waals surface area contributed by atoms with Gasteiger partial charge < -0.3 is 5.11 Å². The van der Waals surface area contributed by atoms with Crippen molar-refractivity contribution in [3.8, 4) is 0 Å². The van der Waals surface area contributed by atoms with Gasteiger partial charge in [-0.2, -0.15) is 5.10 Å². The van der Waals surface area contributed by atoms with Gasteiger partial charge in [-0.05, 0) is 37.6 Å². The van der Waals surface area contributed by atoms with E-state index in [2.05, 4.69) is 40.9 Å². The lowest BCUT2D eigenvalue weighted by atomic mass is 10.2. The number of nitrogens with zero attached hydrogens (tertiary/aromatic N) is 2. The van der Waals surface area contributed by atoms with Crippen LogP contribution in [-0.4, -0.2) is 20.9 Å². The van der Waals surface area contributed by atoms with Crippen molar-refractivity contribution in [3.05, 3.63) is 45.7 Å². The second-order valence-corrected chi connectivity index (χ2v) is 6.46. The summed E-state index contributed by atoms with van der Waals surface area (Å²) in [5.74, 6) is -0.194. The Morgan fingerprint density at radius 3 is 2.76 bits per heavy atom. The summed E-state index contributed by atoms with van der Waals surface area (Å²) < 4.78 is 2.86. The fraction of sp³-hybridized carbons (Fsp3) is 0.333. The maximum atomic E-state index is 11.3. The summed E-state index contributed by atoms with van der Waals surface area (Å²) in [6, 6.07) is 7.32. The Kier molecular flexibility index (Phi) is 5.47. The van der Waals surface area contributed by atoms with Crippen LogP contribution in [0.5, 0.6) is 0 Å². The van der Waals surface area contributed by atoms with Gasteiger partial charge in [-0.25, -0.2) is 4.79 Å². The molecule has 0 saturated heterocycles. The molecule has 0 aliphatic rings. The number of thioether (sulfide) groups is 1. The summed E-state index contributed by atoms with van der Waals surface area (Å²) in [6.07, 6.45) is 0.905. The second kappa shape index (κ2) is 7.13. The van der Waals surface area contributed by atoms with Crippen molar-refractivity contribution >= 4 is 33.7 Å². The van der Waals surface area contributed by atoms with Crippen LogP contribution in [0.4, 0.5) is 0 Å². The number of hydrogen-bond donors (Lipinski definition) is 1. The normalized spacial score (nSPS) is 10.8. The molecular formula is C15H17BrN2O2S. The Labute approximate surface area is 136 Å². The van der Waals surface area contributed by atoms with Crippen LogP contribution in [0, 0.1) is 0 Å². The van der Waals surface area contributed by atoms with Gasteiger partial charge in [0.15, 0.2) is 0 Å². The molecule has 1 aromatic heterocycles. The van der Waals surface area contributed by atoms with E-state index in [0.717, 1.165) is 33.7 Å². The van der Waals surface area contributed by atoms with Gasteiger partial charge in [-0.15, -0.1) is 11.8 Å². The SMILES string of the molecule is CCc1cc(CSc2cc(Br)ccc2C(=O)O)n(CC)n1. The molecule has 0 unspecified atom stereocenters. The molecule has 0 aliphatic carbocycles. The smallest absolute Gasteiger partial charge is 0.336 e. The summed E-state index contributed by atoms with van der Waals surface area (Å²) in [5, 5.41) is 13.8.